The summed E-state index contributed by atoms with van der Waals surface area (Å²) in [7, 11) is -3.44. The molecule has 0 saturated carbocycles. The maximum atomic E-state index is 12.6. The number of nitrogens with zero attached hydrogens (tertiary/aromatic N) is 1. The zero-order chi connectivity index (χ0) is 22.6. The monoisotopic (exact) mass is 469 g/mol. The van der Waals surface area contributed by atoms with E-state index in [2.05, 4.69) is 10.6 Å². The number of sulfonamides is 1. The minimum atomic E-state index is -3.44. The summed E-state index contributed by atoms with van der Waals surface area (Å²) >= 11 is 1.18. The molecule has 1 aliphatic rings. The normalized spacial score (nSPS) is 14.2. The molecule has 2 N–H and O–H groups in total. The second-order valence-electron chi connectivity index (χ2n) is 7.41. The lowest BCUT2D eigenvalue weighted by Crippen LogP contribution is -2.27. The Morgan fingerprint density at radius 2 is 1.50 bits per heavy atom. The standard InChI is InChI=1S/C23H23N3O4S2/c27-22(18-8-10-19(11-9-18)25-23(28)17-6-2-1-3-7-17)24-16-20-12-13-21(31-20)32(29,30)26-14-4-5-15-26/h1-3,6-13H,4-5,14-16H2,(H,24,27)(H,25,28). The van der Waals surface area contributed by atoms with Gasteiger partial charge >= 0.3 is 0 Å². The molecular formula is C23H23N3O4S2. The van der Waals surface area contributed by atoms with Crippen LogP contribution in [0.3, 0.4) is 0 Å². The molecule has 1 saturated heterocycles. The fraction of sp³-hybridized carbons (Fsp3) is 0.217. The Balaban J connectivity index is 1.33. The van der Waals surface area contributed by atoms with Crippen LogP contribution < -0.4 is 10.6 Å². The molecular weight excluding hydrogens is 446 g/mol. The molecule has 3 aromatic rings. The quantitative estimate of drug-likeness (QED) is 0.551. The van der Waals surface area contributed by atoms with Gasteiger partial charge in [-0.15, -0.1) is 11.3 Å². The maximum absolute atomic E-state index is 12.6. The number of carbonyl (C=O) groups excluding carboxylic acids is 2. The number of thiophene rings is 1. The highest BCUT2D eigenvalue weighted by Gasteiger charge is 2.28. The van der Waals surface area contributed by atoms with Crippen molar-refractivity contribution in [3.8, 4) is 0 Å². The van der Waals surface area contributed by atoms with Crippen molar-refractivity contribution in [3.63, 3.8) is 0 Å². The summed E-state index contributed by atoms with van der Waals surface area (Å²) in [5.74, 6) is -0.497. The zero-order valence-electron chi connectivity index (χ0n) is 17.3. The van der Waals surface area contributed by atoms with E-state index < -0.39 is 10.0 Å². The largest absolute Gasteiger partial charge is 0.347 e. The Labute approximate surface area is 191 Å². The number of anilines is 1. The first-order chi connectivity index (χ1) is 15.4. The lowest BCUT2D eigenvalue weighted by Gasteiger charge is -2.13. The molecule has 0 atom stereocenters. The van der Waals surface area contributed by atoms with Crippen molar-refractivity contribution in [1.82, 2.24) is 9.62 Å². The van der Waals surface area contributed by atoms with Crippen molar-refractivity contribution in [2.24, 2.45) is 0 Å². The van der Waals surface area contributed by atoms with Gasteiger partial charge in [-0.05, 0) is 61.4 Å². The lowest BCUT2D eigenvalue weighted by atomic mass is 10.1. The number of hydrogen-bond donors (Lipinski definition) is 2. The number of benzene rings is 2. The third-order valence-electron chi connectivity index (χ3n) is 5.16. The van der Waals surface area contributed by atoms with E-state index in [0.29, 0.717) is 34.1 Å². The van der Waals surface area contributed by atoms with Crippen molar-refractivity contribution < 1.29 is 18.0 Å². The smallest absolute Gasteiger partial charge is 0.255 e. The first-order valence-corrected chi connectivity index (χ1v) is 12.5. The minimum absolute atomic E-state index is 0.222. The number of nitrogens with one attached hydrogen (secondary N) is 2. The molecule has 2 aromatic carbocycles. The van der Waals surface area contributed by atoms with Gasteiger partial charge in [-0.2, -0.15) is 4.31 Å². The third-order valence-corrected chi connectivity index (χ3v) is 8.61. The zero-order valence-corrected chi connectivity index (χ0v) is 18.9. The van der Waals surface area contributed by atoms with E-state index >= 15 is 0 Å². The van der Waals surface area contributed by atoms with E-state index in [9.17, 15) is 18.0 Å². The van der Waals surface area contributed by atoms with E-state index in [1.807, 2.05) is 6.07 Å². The fourth-order valence-electron chi connectivity index (χ4n) is 3.41. The van der Waals surface area contributed by atoms with Crippen LogP contribution >= 0.6 is 11.3 Å². The van der Waals surface area contributed by atoms with Gasteiger partial charge in [0.05, 0.1) is 6.54 Å². The van der Waals surface area contributed by atoms with Crippen molar-refractivity contribution in [3.05, 3.63) is 82.7 Å². The number of hydrogen-bond acceptors (Lipinski definition) is 5. The molecule has 2 amide bonds. The van der Waals surface area contributed by atoms with Gasteiger partial charge in [-0.25, -0.2) is 8.42 Å². The Kier molecular flexibility index (Phi) is 6.69. The van der Waals surface area contributed by atoms with Crippen molar-refractivity contribution >= 4 is 38.9 Å². The van der Waals surface area contributed by atoms with Crippen molar-refractivity contribution in [1.29, 1.82) is 0 Å². The summed E-state index contributed by atoms with van der Waals surface area (Å²) in [5.41, 5.74) is 1.59. The average molecular weight is 470 g/mol. The van der Waals surface area contributed by atoms with Crippen molar-refractivity contribution in [2.75, 3.05) is 18.4 Å². The van der Waals surface area contributed by atoms with Gasteiger partial charge in [0, 0.05) is 34.8 Å². The predicted molar refractivity (Wildman–Crippen MR) is 124 cm³/mol. The van der Waals surface area contributed by atoms with E-state index in [0.717, 1.165) is 17.7 Å². The molecule has 0 spiro atoms. The Hall–Kier alpha value is -3.01. The van der Waals surface area contributed by atoms with Crippen LogP contribution in [0.15, 0.2) is 70.9 Å². The summed E-state index contributed by atoms with van der Waals surface area (Å²) in [6, 6.07) is 18.8. The second kappa shape index (κ2) is 9.64. The molecule has 4 rings (SSSR count). The van der Waals surface area contributed by atoms with Crippen LogP contribution in [-0.2, 0) is 16.6 Å². The van der Waals surface area contributed by atoms with Gasteiger partial charge in [0.2, 0.25) is 0 Å². The highest BCUT2D eigenvalue weighted by atomic mass is 32.2. The SMILES string of the molecule is O=C(NCc1ccc(S(=O)(=O)N2CCCC2)s1)c1ccc(NC(=O)c2ccccc2)cc1. The lowest BCUT2D eigenvalue weighted by molar-refractivity contribution is 0.0950. The van der Waals surface area contributed by atoms with Crippen LogP contribution in [0.1, 0.15) is 38.4 Å². The molecule has 9 heteroatoms. The van der Waals surface area contributed by atoms with Crippen LogP contribution in [0, 0.1) is 0 Å². The van der Waals surface area contributed by atoms with Crippen LogP contribution in [-0.4, -0.2) is 37.6 Å². The molecule has 0 aliphatic carbocycles. The molecule has 0 radical (unpaired) electrons. The molecule has 32 heavy (non-hydrogen) atoms. The number of amides is 2. The maximum Gasteiger partial charge on any atom is 0.255 e. The highest BCUT2D eigenvalue weighted by molar-refractivity contribution is 7.91. The summed E-state index contributed by atoms with van der Waals surface area (Å²) in [6.45, 7) is 1.37. The number of rotatable bonds is 7. The molecule has 0 unspecified atom stereocenters. The second-order valence-corrected chi connectivity index (χ2v) is 10.7. The van der Waals surface area contributed by atoms with Crippen LogP contribution in [0.2, 0.25) is 0 Å². The first kappa shape index (κ1) is 22.2. The van der Waals surface area contributed by atoms with Crippen LogP contribution in [0.5, 0.6) is 0 Å². The average Bonchev–Trinajstić information content (AvgIpc) is 3.52. The van der Waals surface area contributed by atoms with Gasteiger partial charge < -0.3 is 10.6 Å². The highest BCUT2D eigenvalue weighted by Crippen LogP contribution is 2.27. The molecule has 2 heterocycles. The summed E-state index contributed by atoms with van der Waals surface area (Å²) < 4.78 is 27.1. The van der Waals surface area contributed by atoms with Crippen molar-refractivity contribution in [2.45, 2.75) is 23.6 Å². The van der Waals surface area contributed by atoms with Gasteiger partial charge in [0.15, 0.2) is 0 Å². The Morgan fingerprint density at radius 1 is 0.844 bits per heavy atom. The van der Waals surface area contributed by atoms with Gasteiger partial charge in [-0.1, -0.05) is 18.2 Å². The molecule has 166 valence electrons. The Bertz CT molecular complexity index is 1200. The van der Waals surface area contributed by atoms with E-state index in [1.165, 1.54) is 15.6 Å². The molecule has 1 aromatic heterocycles. The summed E-state index contributed by atoms with van der Waals surface area (Å²) in [4.78, 5) is 25.4. The van der Waals surface area contributed by atoms with Crippen LogP contribution in [0.25, 0.3) is 0 Å². The summed E-state index contributed by atoms with van der Waals surface area (Å²) in [6.07, 6.45) is 1.78. The summed E-state index contributed by atoms with van der Waals surface area (Å²) in [5, 5.41) is 5.60. The molecule has 1 aliphatic heterocycles. The predicted octanol–water partition coefficient (Wildman–Crippen LogP) is 3.71. The Morgan fingerprint density at radius 3 is 2.19 bits per heavy atom. The first-order valence-electron chi connectivity index (χ1n) is 10.3. The van der Waals surface area contributed by atoms with E-state index in [1.54, 1.807) is 60.7 Å². The molecule has 1 fully saturated rings. The third kappa shape index (κ3) is 5.07. The van der Waals surface area contributed by atoms with Gasteiger partial charge in [0.1, 0.15) is 4.21 Å². The minimum Gasteiger partial charge on any atom is -0.347 e. The van der Waals surface area contributed by atoms with Gasteiger partial charge in [0.25, 0.3) is 21.8 Å². The molecule has 0 bridgehead atoms. The molecule has 7 nitrogen and oxygen atoms in total. The number of carbonyl (C=O) groups is 2. The fourth-order valence-corrected chi connectivity index (χ4v) is 6.38. The topological polar surface area (TPSA) is 95.6 Å². The van der Waals surface area contributed by atoms with Crippen LogP contribution in [0.4, 0.5) is 5.69 Å². The van der Waals surface area contributed by atoms with E-state index in [4.69, 9.17) is 0 Å². The van der Waals surface area contributed by atoms with E-state index in [-0.39, 0.29) is 18.4 Å². The van der Waals surface area contributed by atoms with Gasteiger partial charge in [-0.3, -0.25) is 9.59 Å².